The number of para-hydroxylation sites is 2. The van der Waals surface area contributed by atoms with Gasteiger partial charge in [0.25, 0.3) is 0 Å². The Morgan fingerprint density at radius 1 is 0.357 bits per heavy atom. The average molecular weight is 732 g/mol. The Balaban J connectivity index is 1.12. The zero-order chi connectivity index (χ0) is 37.0. The highest BCUT2D eigenvalue weighted by atomic mass is 32.1. The number of rotatable bonds is 6. The van der Waals surface area contributed by atoms with Gasteiger partial charge >= 0.3 is 0 Å². The first-order valence-corrected chi connectivity index (χ1v) is 19.7. The quantitative estimate of drug-likeness (QED) is 0.170. The Bertz CT molecular complexity index is 3200. The summed E-state index contributed by atoms with van der Waals surface area (Å²) in [5, 5.41) is 5.03. The first kappa shape index (κ1) is 32.3. The lowest BCUT2D eigenvalue weighted by Gasteiger charge is -2.14. The van der Waals surface area contributed by atoms with Crippen molar-refractivity contribution in [2.75, 3.05) is 0 Å². The highest BCUT2D eigenvalue weighted by molar-refractivity contribution is 7.26. The summed E-state index contributed by atoms with van der Waals surface area (Å²) in [6.45, 7) is 0. The van der Waals surface area contributed by atoms with Crippen molar-refractivity contribution in [3.05, 3.63) is 200 Å². The molecule has 11 aromatic rings. The molecule has 0 amide bonds. The number of fused-ring (bicyclic) bond motifs is 6. The van der Waals surface area contributed by atoms with Gasteiger partial charge in [-0.2, -0.15) is 0 Å². The molecule has 0 fully saturated rings. The first-order chi connectivity index (χ1) is 27.7. The Hall–Kier alpha value is -7.14. The highest BCUT2D eigenvalue weighted by Gasteiger charge is 2.18. The van der Waals surface area contributed by atoms with Gasteiger partial charge in [0, 0.05) is 58.9 Å². The third-order valence-electron chi connectivity index (χ3n) is 10.8. The van der Waals surface area contributed by atoms with E-state index in [1.54, 1.807) is 0 Å². The van der Waals surface area contributed by atoms with Crippen molar-refractivity contribution in [1.82, 2.24) is 14.5 Å². The van der Waals surface area contributed by atoms with Gasteiger partial charge in [0.15, 0.2) is 5.82 Å². The minimum atomic E-state index is 0.694. The van der Waals surface area contributed by atoms with Crippen molar-refractivity contribution < 1.29 is 0 Å². The SMILES string of the molecule is c1ccc(-c2cccc(-c3cc(-c4ccccc4)nc(-c4cccc(-c5cc(-n6c7ccccc7c7ccccc76)cc6c5sc5ccccc56)c4)n3)c2)cc1. The number of thiophene rings is 1. The van der Waals surface area contributed by atoms with Crippen LogP contribution in [-0.4, -0.2) is 14.5 Å². The van der Waals surface area contributed by atoms with E-state index < -0.39 is 0 Å². The number of hydrogen-bond donors (Lipinski definition) is 0. The Labute approximate surface area is 328 Å². The van der Waals surface area contributed by atoms with Gasteiger partial charge in [-0.1, -0.05) is 152 Å². The van der Waals surface area contributed by atoms with E-state index in [0.717, 1.165) is 44.9 Å². The highest BCUT2D eigenvalue weighted by Crippen LogP contribution is 2.44. The van der Waals surface area contributed by atoms with E-state index >= 15 is 0 Å². The van der Waals surface area contributed by atoms with Gasteiger partial charge in [-0.3, -0.25) is 0 Å². The van der Waals surface area contributed by atoms with Crippen molar-refractivity contribution in [1.29, 1.82) is 0 Å². The summed E-state index contributed by atoms with van der Waals surface area (Å²) in [6, 6.07) is 71.4. The van der Waals surface area contributed by atoms with Gasteiger partial charge in [0.2, 0.25) is 0 Å². The molecular weight excluding hydrogens is 699 g/mol. The van der Waals surface area contributed by atoms with E-state index in [9.17, 15) is 0 Å². The predicted molar refractivity (Wildman–Crippen MR) is 236 cm³/mol. The van der Waals surface area contributed by atoms with Crippen molar-refractivity contribution in [3.63, 3.8) is 0 Å². The number of benzene rings is 8. The van der Waals surface area contributed by atoms with Crippen LogP contribution in [0.25, 0.3) is 104 Å². The summed E-state index contributed by atoms with van der Waals surface area (Å²) >= 11 is 1.86. The van der Waals surface area contributed by atoms with Crippen molar-refractivity contribution >= 4 is 53.3 Å². The fraction of sp³-hybridized carbons (Fsp3) is 0. The van der Waals surface area contributed by atoms with Crippen molar-refractivity contribution in [2.45, 2.75) is 0 Å². The van der Waals surface area contributed by atoms with Crippen LogP contribution in [0.4, 0.5) is 0 Å². The van der Waals surface area contributed by atoms with Crippen LogP contribution in [0.3, 0.4) is 0 Å². The maximum Gasteiger partial charge on any atom is 0.160 e. The molecule has 11 rings (SSSR count). The van der Waals surface area contributed by atoms with Crippen LogP contribution in [-0.2, 0) is 0 Å². The molecule has 8 aromatic carbocycles. The maximum atomic E-state index is 5.28. The molecule has 262 valence electrons. The van der Waals surface area contributed by atoms with E-state index in [4.69, 9.17) is 9.97 Å². The molecule has 0 aliphatic heterocycles. The Morgan fingerprint density at radius 2 is 0.893 bits per heavy atom. The fourth-order valence-corrected chi connectivity index (χ4v) is 9.37. The maximum absolute atomic E-state index is 5.28. The van der Waals surface area contributed by atoms with Crippen molar-refractivity contribution in [3.8, 4) is 61.8 Å². The Kier molecular flexibility index (Phi) is 7.68. The lowest BCUT2D eigenvalue weighted by atomic mass is 9.98. The minimum absolute atomic E-state index is 0.694. The molecule has 3 nitrogen and oxygen atoms in total. The molecule has 4 heteroatoms. The molecule has 0 aliphatic rings. The summed E-state index contributed by atoms with van der Waals surface area (Å²) in [5.74, 6) is 0.694. The Morgan fingerprint density at radius 3 is 1.62 bits per heavy atom. The third-order valence-corrected chi connectivity index (χ3v) is 12.0. The molecule has 0 atom stereocenters. The van der Waals surface area contributed by atoms with E-state index in [1.807, 2.05) is 17.4 Å². The second-order valence-corrected chi connectivity index (χ2v) is 15.2. The average Bonchev–Trinajstić information content (AvgIpc) is 3.82. The zero-order valence-corrected chi connectivity index (χ0v) is 31.1. The van der Waals surface area contributed by atoms with E-state index in [0.29, 0.717) is 5.82 Å². The zero-order valence-electron chi connectivity index (χ0n) is 30.3. The summed E-state index contributed by atoms with van der Waals surface area (Å²) in [5.41, 5.74) is 13.0. The molecule has 0 aliphatic carbocycles. The van der Waals surface area contributed by atoms with Crippen molar-refractivity contribution in [2.24, 2.45) is 0 Å². The second-order valence-electron chi connectivity index (χ2n) is 14.2. The summed E-state index contributed by atoms with van der Waals surface area (Å²) in [6.07, 6.45) is 0. The molecular formula is C52H33N3S. The monoisotopic (exact) mass is 731 g/mol. The van der Waals surface area contributed by atoms with Gasteiger partial charge in [-0.15, -0.1) is 11.3 Å². The first-order valence-electron chi connectivity index (χ1n) is 18.9. The van der Waals surface area contributed by atoms with Crippen LogP contribution in [0, 0.1) is 0 Å². The molecule has 3 aromatic heterocycles. The molecule has 0 saturated carbocycles. The van der Waals surface area contributed by atoms with E-state index in [-0.39, 0.29) is 0 Å². The smallest absolute Gasteiger partial charge is 0.160 e. The normalized spacial score (nSPS) is 11.6. The van der Waals surface area contributed by atoms with E-state index in [2.05, 4.69) is 199 Å². The summed E-state index contributed by atoms with van der Waals surface area (Å²) in [7, 11) is 0. The van der Waals surface area contributed by atoms with Crippen LogP contribution in [0.2, 0.25) is 0 Å². The van der Waals surface area contributed by atoms with E-state index in [1.165, 1.54) is 53.1 Å². The molecule has 0 N–H and O–H groups in total. The van der Waals surface area contributed by atoms with Crippen LogP contribution >= 0.6 is 11.3 Å². The van der Waals surface area contributed by atoms with Crippen LogP contribution in [0.5, 0.6) is 0 Å². The molecule has 0 unspecified atom stereocenters. The van der Waals surface area contributed by atoms with Gasteiger partial charge in [-0.25, -0.2) is 9.97 Å². The van der Waals surface area contributed by atoms with Gasteiger partial charge < -0.3 is 4.57 Å². The largest absolute Gasteiger partial charge is 0.309 e. The number of aromatic nitrogens is 3. The summed E-state index contributed by atoms with van der Waals surface area (Å²) < 4.78 is 4.97. The van der Waals surface area contributed by atoms with Crippen LogP contribution < -0.4 is 0 Å². The lowest BCUT2D eigenvalue weighted by molar-refractivity contribution is 1.18. The lowest BCUT2D eigenvalue weighted by Crippen LogP contribution is -1.97. The molecule has 0 spiro atoms. The fourth-order valence-electron chi connectivity index (χ4n) is 8.15. The standard InChI is InChI=1S/C52H33N3S/c1-3-15-34(16-4-1)36-19-13-21-38(29-36)47-33-46(35-17-5-2-6-18-35)53-52(54-47)39-22-14-20-37(30-39)44-31-40(32-45-43-25-9-12-28-50(43)56-51(44)45)55-48-26-10-7-23-41(48)42-24-8-11-27-49(42)55/h1-33H. The number of nitrogens with zero attached hydrogens (tertiary/aromatic N) is 3. The van der Waals surface area contributed by atoms with Crippen LogP contribution in [0.1, 0.15) is 0 Å². The molecule has 3 heterocycles. The van der Waals surface area contributed by atoms with Gasteiger partial charge in [0.1, 0.15) is 0 Å². The predicted octanol–water partition coefficient (Wildman–Crippen LogP) is 14.3. The van der Waals surface area contributed by atoms with Crippen LogP contribution in [0.15, 0.2) is 200 Å². The van der Waals surface area contributed by atoms with Gasteiger partial charge in [0.05, 0.1) is 22.4 Å². The topological polar surface area (TPSA) is 30.7 Å². The molecule has 0 radical (unpaired) electrons. The summed E-state index contributed by atoms with van der Waals surface area (Å²) in [4.78, 5) is 10.5. The minimum Gasteiger partial charge on any atom is -0.309 e. The number of hydrogen-bond acceptors (Lipinski definition) is 3. The molecule has 0 saturated heterocycles. The third kappa shape index (κ3) is 5.50. The van der Waals surface area contributed by atoms with Gasteiger partial charge in [-0.05, 0) is 65.2 Å². The molecule has 0 bridgehead atoms. The molecule has 56 heavy (non-hydrogen) atoms. The second kappa shape index (κ2) is 13.3.